The smallest absolute Gasteiger partial charge is 0.325 e. The Balaban J connectivity index is 1.70. The van der Waals surface area contributed by atoms with Gasteiger partial charge in [-0.15, -0.1) is 0 Å². The number of benzene rings is 3. The number of amides is 1. The molecule has 0 N–H and O–H groups in total. The Hall–Kier alpha value is -4.10. The van der Waals surface area contributed by atoms with E-state index in [1.807, 2.05) is 79.7 Å². The normalized spacial score (nSPS) is 11.8. The fourth-order valence-corrected chi connectivity index (χ4v) is 4.99. The number of carbonyl (C=O) groups excluding carboxylic acids is 2. The number of methoxy groups -OCH3 is 1. The van der Waals surface area contributed by atoms with Crippen LogP contribution in [0.25, 0.3) is 32.4 Å². The first kappa shape index (κ1) is 21.7. The van der Waals surface area contributed by atoms with E-state index in [4.69, 9.17) is 9.72 Å². The van der Waals surface area contributed by atoms with E-state index < -0.39 is 11.9 Å². The molecule has 1 amide bonds. The summed E-state index contributed by atoms with van der Waals surface area (Å²) < 4.78 is 7.54. The topological polar surface area (TPSA) is 73.6 Å². The summed E-state index contributed by atoms with van der Waals surface area (Å²) >= 11 is 1.37. The standard InChI is InChI=1S/C27H21N3O3S/c1-17-12-13-23-24(14-17)34-27(30(23)16-25(31)33-2)29-26(32)20-15-22(18-8-4-3-5-9-18)28-21-11-7-6-10-19(20)21/h3-15H,16H2,1-2H3. The van der Waals surface area contributed by atoms with Gasteiger partial charge in [-0.1, -0.05) is 65.9 Å². The summed E-state index contributed by atoms with van der Waals surface area (Å²) in [6, 6.07) is 25.0. The van der Waals surface area contributed by atoms with Crippen LogP contribution >= 0.6 is 11.3 Å². The predicted octanol–water partition coefficient (Wildman–Crippen LogP) is 5.14. The van der Waals surface area contributed by atoms with E-state index in [1.165, 1.54) is 18.4 Å². The molecule has 3 aromatic carbocycles. The summed E-state index contributed by atoms with van der Waals surface area (Å²) in [7, 11) is 1.35. The molecule has 7 heteroatoms. The van der Waals surface area contributed by atoms with Crippen molar-refractivity contribution in [3.05, 3.63) is 94.8 Å². The minimum atomic E-state index is -0.408. The van der Waals surface area contributed by atoms with Gasteiger partial charge in [-0.25, -0.2) is 4.98 Å². The van der Waals surface area contributed by atoms with Gasteiger partial charge >= 0.3 is 5.97 Å². The molecule has 0 radical (unpaired) electrons. The average Bonchev–Trinajstić information content (AvgIpc) is 3.19. The Morgan fingerprint density at radius 3 is 2.56 bits per heavy atom. The quantitative estimate of drug-likeness (QED) is 0.343. The molecule has 6 nitrogen and oxygen atoms in total. The van der Waals surface area contributed by atoms with Crippen LogP contribution in [-0.2, 0) is 16.1 Å². The molecule has 5 aromatic rings. The molecule has 168 valence electrons. The molecule has 0 aliphatic heterocycles. The highest BCUT2D eigenvalue weighted by molar-refractivity contribution is 7.16. The van der Waals surface area contributed by atoms with Crippen molar-refractivity contribution >= 4 is 44.3 Å². The lowest BCUT2D eigenvalue weighted by Gasteiger charge is -2.08. The number of fused-ring (bicyclic) bond motifs is 2. The van der Waals surface area contributed by atoms with Crippen LogP contribution in [-0.4, -0.2) is 28.5 Å². The van der Waals surface area contributed by atoms with Crippen LogP contribution in [0.2, 0.25) is 0 Å². The summed E-state index contributed by atoms with van der Waals surface area (Å²) in [6.07, 6.45) is 0. The van der Waals surface area contributed by atoms with Gasteiger partial charge in [0.1, 0.15) is 6.54 Å². The highest BCUT2D eigenvalue weighted by Crippen LogP contribution is 2.26. The molecule has 0 saturated carbocycles. The number of pyridine rings is 1. The molecule has 0 atom stereocenters. The molecule has 5 rings (SSSR count). The molecule has 0 saturated heterocycles. The summed E-state index contributed by atoms with van der Waals surface area (Å²) in [6.45, 7) is 1.97. The van der Waals surface area contributed by atoms with Crippen LogP contribution in [0.1, 0.15) is 15.9 Å². The van der Waals surface area contributed by atoms with Crippen LogP contribution in [0.5, 0.6) is 0 Å². The lowest BCUT2D eigenvalue weighted by molar-refractivity contribution is -0.141. The molecule has 0 aliphatic rings. The molecule has 0 spiro atoms. The van der Waals surface area contributed by atoms with Gasteiger partial charge in [0.15, 0.2) is 4.80 Å². The number of esters is 1. The van der Waals surface area contributed by atoms with E-state index in [9.17, 15) is 9.59 Å². The van der Waals surface area contributed by atoms with Crippen LogP contribution in [0.4, 0.5) is 0 Å². The molecular formula is C27H21N3O3S. The number of hydrogen-bond acceptors (Lipinski definition) is 5. The summed E-state index contributed by atoms with van der Waals surface area (Å²) in [5, 5.41) is 0.729. The van der Waals surface area contributed by atoms with Gasteiger partial charge in [0.2, 0.25) is 0 Å². The monoisotopic (exact) mass is 467 g/mol. The third-order valence-electron chi connectivity index (χ3n) is 5.57. The van der Waals surface area contributed by atoms with Crippen molar-refractivity contribution in [2.24, 2.45) is 4.99 Å². The third-order valence-corrected chi connectivity index (χ3v) is 6.61. The van der Waals surface area contributed by atoms with E-state index in [-0.39, 0.29) is 6.54 Å². The van der Waals surface area contributed by atoms with Crippen molar-refractivity contribution in [1.29, 1.82) is 0 Å². The average molecular weight is 468 g/mol. The number of aryl methyl sites for hydroxylation is 1. The zero-order valence-electron chi connectivity index (χ0n) is 18.7. The second-order valence-corrected chi connectivity index (χ2v) is 8.88. The van der Waals surface area contributed by atoms with Crippen LogP contribution in [0.15, 0.2) is 83.9 Å². The molecule has 0 unspecified atom stereocenters. The molecule has 0 aliphatic carbocycles. The predicted molar refractivity (Wildman–Crippen MR) is 134 cm³/mol. The Bertz CT molecular complexity index is 1620. The van der Waals surface area contributed by atoms with Crippen molar-refractivity contribution < 1.29 is 14.3 Å². The van der Waals surface area contributed by atoms with Crippen LogP contribution in [0, 0.1) is 6.92 Å². The van der Waals surface area contributed by atoms with Gasteiger partial charge in [0, 0.05) is 10.9 Å². The lowest BCUT2D eigenvalue weighted by Crippen LogP contribution is -2.22. The lowest BCUT2D eigenvalue weighted by atomic mass is 10.0. The zero-order valence-corrected chi connectivity index (χ0v) is 19.5. The van der Waals surface area contributed by atoms with Gasteiger partial charge in [-0.05, 0) is 36.8 Å². The largest absolute Gasteiger partial charge is 0.468 e. The number of rotatable bonds is 4. The van der Waals surface area contributed by atoms with Crippen molar-refractivity contribution in [2.75, 3.05) is 7.11 Å². The number of para-hydroxylation sites is 1. The molecular weight excluding hydrogens is 446 g/mol. The second kappa shape index (κ2) is 9.03. The van der Waals surface area contributed by atoms with Crippen LogP contribution < -0.4 is 4.80 Å². The van der Waals surface area contributed by atoms with Crippen molar-refractivity contribution in [3.8, 4) is 11.3 Å². The SMILES string of the molecule is COC(=O)Cn1c(=NC(=O)c2cc(-c3ccccc3)nc3ccccc23)sc2cc(C)ccc21. The number of aromatic nitrogens is 2. The highest BCUT2D eigenvalue weighted by Gasteiger charge is 2.16. The number of ether oxygens (including phenoxy) is 1. The summed E-state index contributed by atoms with van der Waals surface area (Å²) in [5.41, 5.74) is 4.72. The third kappa shape index (κ3) is 4.13. The van der Waals surface area contributed by atoms with Gasteiger partial charge < -0.3 is 9.30 Å². The highest BCUT2D eigenvalue weighted by atomic mass is 32.1. The zero-order chi connectivity index (χ0) is 23.7. The number of hydrogen-bond donors (Lipinski definition) is 0. The van der Waals surface area contributed by atoms with E-state index in [2.05, 4.69) is 4.99 Å². The minimum Gasteiger partial charge on any atom is -0.468 e. The Morgan fingerprint density at radius 2 is 1.76 bits per heavy atom. The maximum Gasteiger partial charge on any atom is 0.325 e. The van der Waals surface area contributed by atoms with Gasteiger partial charge in [0.25, 0.3) is 5.91 Å². The first-order chi connectivity index (χ1) is 16.5. The van der Waals surface area contributed by atoms with Crippen molar-refractivity contribution in [3.63, 3.8) is 0 Å². The molecule has 0 fully saturated rings. The van der Waals surface area contributed by atoms with E-state index in [0.717, 1.165) is 32.2 Å². The van der Waals surface area contributed by atoms with Gasteiger partial charge in [-0.2, -0.15) is 4.99 Å². The first-order valence-electron chi connectivity index (χ1n) is 10.7. The second-order valence-electron chi connectivity index (χ2n) is 7.87. The van der Waals surface area contributed by atoms with E-state index in [1.54, 1.807) is 10.6 Å². The number of carbonyl (C=O) groups is 2. The first-order valence-corrected chi connectivity index (χ1v) is 11.6. The maximum atomic E-state index is 13.5. The van der Waals surface area contributed by atoms with E-state index in [0.29, 0.717) is 16.1 Å². The van der Waals surface area contributed by atoms with E-state index >= 15 is 0 Å². The Morgan fingerprint density at radius 1 is 1.00 bits per heavy atom. The minimum absolute atomic E-state index is 0.0297. The molecule has 2 heterocycles. The van der Waals surface area contributed by atoms with Crippen molar-refractivity contribution in [1.82, 2.24) is 9.55 Å². The van der Waals surface area contributed by atoms with Gasteiger partial charge in [0.05, 0.1) is 34.1 Å². The fourth-order valence-electron chi connectivity index (χ4n) is 3.87. The Kier molecular flexibility index (Phi) is 5.77. The molecule has 34 heavy (non-hydrogen) atoms. The van der Waals surface area contributed by atoms with Crippen LogP contribution in [0.3, 0.4) is 0 Å². The number of thiazole rings is 1. The Labute approximate surface area is 199 Å². The summed E-state index contributed by atoms with van der Waals surface area (Å²) in [5.74, 6) is -0.799. The van der Waals surface area contributed by atoms with Gasteiger partial charge in [-0.3, -0.25) is 9.59 Å². The number of nitrogens with zero attached hydrogens (tertiary/aromatic N) is 3. The van der Waals surface area contributed by atoms with Crippen molar-refractivity contribution in [2.45, 2.75) is 13.5 Å². The molecule has 0 bridgehead atoms. The summed E-state index contributed by atoms with van der Waals surface area (Å²) in [4.78, 5) is 35.3. The fraction of sp³-hybridized carbons (Fsp3) is 0.111. The maximum absolute atomic E-state index is 13.5. The molecule has 2 aromatic heterocycles.